The zero-order valence-corrected chi connectivity index (χ0v) is 14.1. The molecule has 3 nitrogen and oxygen atoms in total. The van der Waals surface area contributed by atoms with E-state index in [4.69, 9.17) is 23.2 Å². The zero-order chi connectivity index (χ0) is 15.9. The molecule has 1 aromatic rings. The maximum absolute atomic E-state index is 12.8. The van der Waals surface area contributed by atoms with Crippen LogP contribution in [0, 0.1) is 11.8 Å². The smallest absolute Gasteiger partial charge is 0.226 e. The number of nitrogens with zero attached hydrogens (tertiary/aromatic N) is 1. The van der Waals surface area contributed by atoms with Gasteiger partial charge in [-0.1, -0.05) is 29.3 Å². The normalized spacial score (nSPS) is 31.2. The highest BCUT2D eigenvalue weighted by Gasteiger charge is 2.47. The Kier molecular flexibility index (Phi) is 4.67. The number of benzene rings is 1. The molecule has 4 unspecified atom stereocenters. The summed E-state index contributed by atoms with van der Waals surface area (Å²) >= 11 is 12.0. The maximum atomic E-state index is 12.8. The number of hydrogen-bond donors (Lipinski definition) is 1. The molecule has 0 bridgehead atoms. The Morgan fingerprint density at radius 3 is 2.77 bits per heavy atom. The number of halogens is 2. The second-order valence-corrected chi connectivity index (χ2v) is 7.40. The molecular formula is C17H21Cl2NO2. The number of carbonyl (C=O) groups excluding carboxylic acids is 1. The van der Waals surface area contributed by atoms with E-state index in [1.807, 2.05) is 17.0 Å². The van der Waals surface area contributed by atoms with E-state index in [1.54, 1.807) is 6.07 Å². The summed E-state index contributed by atoms with van der Waals surface area (Å²) in [6, 6.07) is 5.90. The summed E-state index contributed by atoms with van der Waals surface area (Å²) in [5.74, 6) is 0.755. The lowest BCUT2D eigenvalue weighted by Crippen LogP contribution is -2.47. The molecule has 1 heterocycles. The minimum Gasteiger partial charge on any atom is -0.396 e. The van der Waals surface area contributed by atoms with Gasteiger partial charge < -0.3 is 10.0 Å². The van der Waals surface area contributed by atoms with Gasteiger partial charge in [0.25, 0.3) is 0 Å². The van der Waals surface area contributed by atoms with Crippen molar-refractivity contribution in [3.8, 4) is 0 Å². The highest BCUT2D eigenvalue weighted by Crippen LogP contribution is 2.50. The number of amides is 1. The first-order chi connectivity index (χ1) is 10.5. The second kappa shape index (κ2) is 6.38. The first-order valence-electron chi connectivity index (χ1n) is 7.87. The molecule has 1 saturated heterocycles. The summed E-state index contributed by atoms with van der Waals surface area (Å²) in [5, 5.41) is 10.4. The van der Waals surface area contributed by atoms with E-state index in [0.29, 0.717) is 16.6 Å². The quantitative estimate of drug-likeness (QED) is 0.910. The summed E-state index contributed by atoms with van der Waals surface area (Å²) in [5.41, 5.74) is 1.09. The Morgan fingerprint density at radius 2 is 2.09 bits per heavy atom. The van der Waals surface area contributed by atoms with Crippen LogP contribution < -0.4 is 0 Å². The van der Waals surface area contributed by atoms with Crippen LogP contribution in [0.2, 0.25) is 10.0 Å². The first kappa shape index (κ1) is 16.1. The standard InChI is InChI=1S/C17H21Cl2NO2/c1-10-2-3-11(9-21)8-20(10)17(22)14-7-13(14)12-4-5-15(18)16(19)6-12/h4-6,10-11,13-14,21H,2-3,7-9H2,1H3. The van der Waals surface area contributed by atoms with Crippen LogP contribution in [0.25, 0.3) is 0 Å². The molecule has 5 heteroatoms. The summed E-state index contributed by atoms with van der Waals surface area (Å²) in [6.07, 6.45) is 2.85. The minimum absolute atomic E-state index is 0.0529. The maximum Gasteiger partial charge on any atom is 0.226 e. The molecule has 1 aliphatic heterocycles. The van der Waals surface area contributed by atoms with Gasteiger partial charge in [0.15, 0.2) is 0 Å². The average Bonchev–Trinajstić information content (AvgIpc) is 3.30. The molecule has 2 aliphatic rings. The highest BCUT2D eigenvalue weighted by atomic mass is 35.5. The van der Waals surface area contributed by atoms with Crippen molar-refractivity contribution in [1.82, 2.24) is 4.90 Å². The fourth-order valence-corrected chi connectivity index (χ4v) is 3.74. The van der Waals surface area contributed by atoms with Gasteiger partial charge in [0, 0.05) is 25.1 Å². The lowest BCUT2D eigenvalue weighted by atomic mass is 9.93. The molecule has 2 fully saturated rings. The first-order valence-corrected chi connectivity index (χ1v) is 8.63. The van der Waals surface area contributed by atoms with Gasteiger partial charge in [-0.2, -0.15) is 0 Å². The molecule has 1 N–H and O–H groups in total. The van der Waals surface area contributed by atoms with Crippen molar-refractivity contribution in [3.63, 3.8) is 0 Å². The van der Waals surface area contributed by atoms with Crippen LogP contribution in [-0.2, 0) is 4.79 Å². The number of aliphatic hydroxyl groups excluding tert-OH is 1. The molecule has 1 amide bonds. The predicted molar refractivity (Wildman–Crippen MR) is 88.3 cm³/mol. The highest BCUT2D eigenvalue weighted by molar-refractivity contribution is 6.42. The van der Waals surface area contributed by atoms with Crippen molar-refractivity contribution in [1.29, 1.82) is 0 Å². The Bertz CT molecular complexity index is 578. The van der Waals surface area contributed by atoms with Gasteiger partial charge in [-0.25, -0.2) is 0 Å². The Morgan fingerprint density at radius 1 is 1.32 bits per heavy atom. The molecule has 1 saturated carbocycles. The largest absolute Gasteiger partial charge is 0.396 e. The van der Waals surface area contributed by atoms with Crippen molar-refractivity contribution < 1.29 is 9.90 Å². The van der Waals surface area contributed by atoms with Crippen molar-refractivity contribution in [2.45, 2.75) is 38.1 Å². The van der Waals surface area contributed by atoms with E-state index in [0.717, 1.165) is 24.8 Å². The monoisotopic (exact) mass is 341 g/mol. The summed E-state index contributed by atoms with van der Waals surface area (Å²) < 4.78 is 0. The van der Waals surface area contributed by atoms with Gasteiger partial charge in [-0.15, -0.1) is 0 Å². The van der Waals surface area contributed by atoms with E-state index in [-0.39, 0.29) is 36.3 Å². The minimum atomic E-state index is 0.0529. The lowest BCUT2D eigenvalue weighted by Gasteiger charge is -2.37. The van der Waals surface area contributed by atoms with Crippen LogP contribution in [0.3, 0.4) is 0 Å². The zero-order valence-electron chi connectivity index (χ0n) is 12.6. The number of hydrogen-bond acceptors (Lipinski definition) is 2. The Balaban J connectivity index is 1.68. The number of aliphatic hydroxyl groups is 1. The molecule has 0 radical (unpaired) electrons. The number of likely N-dealkylation sites (tertiary alicyclic amines) is 1. The fraction of sp³-hybridized carbons (Fsp3) is 0.588. The average molecular weight is 342 g/mol. The van der Waals surface area contributed by atoms with Crippen LogP contribution in [0.1, 0.15) is 37.7 Å². The van der Waals surface area contributed by atoms with Crippen LogP contribution in [0.15, 0.2) is 18.2 Å². The fourth-order valence-electron chi connectivity index (χ4n) is 3.43. The number of piperidine rings is 1. The van der Waals surface area contributed by atoms with Gasteiger partial charge in [0.1, 0.15) is 0 Å². The second-order valence-electron chi connectivity index (χ2n) is 6.59. The molecule has 3 rings (SSSR count). The van der Waals surface area contributed by atoms with Gasteiger partial charge in [-0.3, -0.25) is 4.79 Å². The van der Waals surface area contributed by atoms with Crippen LogP contribution in [0.5, 0.6) is 0 Å². The van der Waals surface area contributed by atoms with E-state index < -0.39 is 0 Å². The van der Waals surface area contributed by atoms with Crippen LogP contribution >= 0.6 is 23.2 Å². The SMILES string of the molecule is CC1CCC(CO)CN1C(=O)C1CC1c1ccc(Cl)c(Cl)c1. The molecule has 1 aromatic carbocycles. The lowest BCUT2D eigenvalue weighted by molar-refractivity contribution is -0.137. The van der Waals surface area contributed by atoms with Gasteiger partial charge >= 0.3 is 0 Å². The molecule has 0 aromatic heterocycles. The van der Waals surface area contributed by atoms with E-state index >= 15 is 0 Å². The van der Waals surface area contributed by atoms with Crippen molar-refractivity contribution in [2.24, 2.45) is 11.8 Å². The molecule has 1 aliphatic carbocycles. The van der Waals surface area contributed by atoms with Crippen molar-refractivity contribution in [3.05, 3.63) is 33.8 Å². The van der Waals surface area contributed by atoms with Crippen LogP contribution in [-0.4, -0.2) is 35.1 Å². The summed E-state index contributed by atoms with van der Waals surface area (Å²) in [4.78, 5) is 14.7. The molecule has 4 atom stereocenters. The summed E-state index contributed by atoms with van der Waals surface area (Å²) in [6.45, 7) is 2.94. The van der Waals surface area contributed by atoms with Gasteiger partial charge in [0.05, 0.1) is 10.0 Å². The predicted octanol–water partition coefficient (Wildman–Crippen LogP) is 3.72. The van der Waals surface area contributed by atoms with Gasteiger partial charge in [-0.05, 0) is 55.7 Å². The van der Waals surface area contributed by atoms with Crippen molar-refractivity contribution >= 4 is 29.1 Å². The number of carbonyl (C=O) groups is 1. The van der Waals surface area contributed by atoms with E-state index in [2.05, 4.69) is 6.92 Å². The van der Waals surface area contributed by atoms with E-state index in [1.165, 1.54) is 0 Å². The summed E-state index contributed by atoms with van der Waals surface area (Å²) in [7, 11) is 0. The molecule has 22 heavy (non-hydrogen) atoms. The molecule has 0 spiro atoms. The van der Waals surface area contributed by atoms with Gasteiger partial charge in [0.2, 0.25) is 5.91 Å². The topological polar surface area (TPSA) is 40.5 Å². The molecular weight excluding hydrogens is 321 g/mol. The molecule has 120 valence electrons. The van der Waals surface area contributed by atoms with Crippen molar-refractivity contribution in [2.75, 3.05) is 13.2 Å². The van der Waals surface area contributed by atoms with E-state index in [9.17, 15) is 9.90 Å². The number of rotatable bonds is 3. The third-order valence-corrected chi connectivity index (χ3v) is 5.74. The third kappa shape index (κ3) is 3.12. The Hall–Kier alpha value is -0.770. The third-order valence-electron chi connectivity index (χ3n) is 5.00. The van der Waals surface area contributed by atoms with Crippen LogP contribution in [0.4, 0.5) is 0 Å². The Labute approximate surface area is 141 Å².